The molecule has 1 atom stereocenters. The van der Waals surface area contributed by atoms with E-state index in [4.69, 9.17) is 4.42 Å². The molecule has 1 N–H and O–H groups in total. The molecule has 6 heteroatoms. The van der Waals surface area contributed by atoms with E-state index in [2.05, 4.69) is 24.1 Å². The smallest absolute Gasteiger partial charge is 0.295 e. The van der Waals surface area contributed by atoms with E-state index in [1.54, 1.807) is 30.6 Å². The van der Waals surface area contributed by atoms with Crippen molar-refractivity contribution in [2.24, 2.45) is 0 Å². The van der Waals surface area contributed by atoms with Gasteiger partial charge >= 0.3 is 0 Å². The molecule has 0 aliphatic rings. The van der Waals surface area contributed by atoms with Gasteiger partial charge in [0.2, 0.25) is 5.91 Å². The average molecular weight is 434 g/mol. The zero-order valence-corrected chi connectivity index (χ0v) is 19.5. The molecular weight excluding hydrogens is 402 g/mol. The van der Waals surface area contributed by atoms with Gasteiger partial charge in [0.1, 0.15) is 6.04 Å². The second-order valence-electron chi connectivity index (χ2n) is 9.28. The van der Waals surface area contributed by atoms with Gasteiger partial charge in [-0.2, -0.15) is 0 Å². The summed E-state index contributed by atoms with van der Waals surface area (Å²) in [7, 11) is 0. The van der Waals surface area contributed by atoms with Crippen molar-refractivity contribution in [1.82, 2.24) is 10.3 Å². The van der Waals surface area contributed by atoms with Crippen molar-refractivity contribution in [2.45, 2.75) is 59.0 Å². The van der Waals surface area contributed by atoms with Gasteiger partial charge in [-0.3, -0.25) is 19.5 Å². The number of hydrogen-bond acceptors (Lipinski definition) is 4. The summed E-state index contributed by atoms with van der Waals surface area (Å²) in [5.41, 5.74) is 2.59. The van der Waals surface area contributed by atoms with Crippen molar-refractivity contribution in [3.8, 4) is 0 Å². The normalized spacial score (nSPS) is 12.5. The van der Waals surface area contributed by atoms with Gasteiger partial charge in [0, 0.05) is 34.7 Å². The van der Waals surface area contributed by atoms with E-state index < -0.39 is 11.6 Å². The molecule has 0 spiro atoms. The summed E-state index contributed by atoms with van der Waals surface area (Å²) in [5, 5.41) is 3.02. The van der Waals surface area contributed by atoms with Crippen molar-refractivity contribution in [1.29, 1.82) is 0 Å². The Labute approximate surface area is 189 Å². The molecule has 168 valence electrons. The van der Waals surface area contributed by atoms with Crippen LogP contribution < -0.4 is 10.2 Å². The standard InChI is InChI=1S/C26H31N3O3/c1-17(2)19-9-11-21(12-10-19)29(25(31)23-18(3)13-15-32-23)22(20-8-7-14-27-16-20)24(30)28-26(4,5)6/h7-17,22H,1-6H3,(H,28,30). The fraction of sp³-hybridized carbons (Fsp3) is 0.346. The minimum absolute atomic E-state index is 0.204. The molecule has 1 aromatic carbocycles. The van der Waals surface area contributed by atoms with Crippen molar-refractivity contribution in [3.05, 3.63) is 83.6 Å². The number of carbonyl (C=O) groups excluding carboxylic acids is 2. The van der Waals surface area contributed by atoms with Crippen LogP contribution in [0.2, 0.25) is 0 Å². The molecule has 0 saturated carbocycles. The van der Waals surface area contributed by atoms with Crippen molar-refractivity contribution < 1.29 is 14.0 Å². The minimum Gasteiger partial charge on any atom is -0.459 e. The highest BCUT2D eigenvalue weighted by Gasteiger charge is 2.36. The number of hydrogen-bond donors (Lipinski definition) is 1. The van der Waals surface area contributed by atoms with Crippen LogP contribution in [0.15, 0.2) is 65.5 Å². The number of amides is 2. The fourth-order valence-corrected chi connectivity index (χ4v) is 3.50. The first kappa shape index (κ1) is 23.3. The molecule has 0 aliphatic heterocycles. The van der Waals surface area contributed by atoms with Crippen LogP contribution in [-0.4, -0.2) is 22.3 Å². The zero-order valence-electron chi connectivity index (χ0n) is 19.5. The molecule has 3 rings (SSSR count). The number of nitrogens with zero attached hydrogens (tertiary/aromatic N) is 2. The van der Waals surface area contributed by atoms with E-state index in [1.807, 2.05) is 52.0 Å². The van der Waals surface area contributed by atoms with Crippen LogP contribution in [0.4, 0.5) is 5.69 Å². The molecule has 32 heavy (non-hydrogen) atoms. The first-order valence-electron chi connectivity index (χ1n) is 10.8. The maximum Gasteiger partial charge on any atom is 0.295 e. The lowest BCUT2D eigenvalue weighted by Gasteiger charge is -2.33. The third-order valence-electron chi connectivity index (χ3n) is 5.12. The van der Waals surface area contributed by atoms with Crippen LogP contribution in [0.1, 0.15) is 73.8 Å². The van der Waals surface area contributed by atoms with E-state index in [1.165, 1.54) is 11.2 Å². The number of furan rings is 1. The van der Waals surface area contributed by atoms with E-state index in [9.17, 15) is 9.59 Å². The van der Waals surface area contributed by atoms with Crippen LogP contribution >= 0.6 is 0 Å². The van der Waals surface area contributed by atoms with E-state index in [0.29, 0.717) is 22.7 Å². The summed E-state index contributed by atoms with van der Waals surface area (Å²) >= 11 is 0. The molecule has 2 amide bonds. The molecule has 0 fully saturated rings. The number of nitrogens with one attached hydrogen (secondary N) is 1. The van der Waals surface area contributed by atoms with Crippen molar-refractivity contribution in [2.75, 3.05) is 4.90 Å². The number of carbonyl (C=O) groups is 2. The van der Waals surface area contributed by atoms with Gasteiger partial charge in [0.05, 0.1) is 6.26 Å². The topological polar surface area (TPSA) is 75.4 Å². The quantitative estimate of drug-likeness (QED) is 0.564. The predicted molar refractivity (Wildman–Crippen MR) is 126 cm³/mol. The van der Waals surface area contributed by atoms with E-state index >= 15 is 0 Å². The highest BCUT2D eigenvalue weighted by atomic mass is 16.3. The number of benzene rings is 1. The van der Waals surface area contributed by atoms with Gasteiger partial charge in [0.25, 0.3) is 5.91 Å². The van der Waals surface area contributed by atoms with Gasteiger partial charge in [-0.05, 0) is 63.4 Å². The summed E-state index contributed by atoms with van der Waals surface area (Å²) in [6.45, 7) is 11.8. The lowest BCUT2D eigenvalue weighted by molar-refractivity contribution is -0.123. The maximum absolute atomic E-state index is 13.8. The Morgan fingerprint density at radius 2 is 1.72 bits per heavy atom. The summed E-state index contributed by atoms with van der Waals surface area (Å²) in [6, 6.07) is 12.1. The SMILES string of the molecule is Cc1ccoc1C(=O)N(c1ccc(C(C)C)cc1)C(C(=O)NC(C)(C)C)c1cccnc1. The summed E-state index contributed by atoms with van der Waals surface area (Å²) in [5.74, 6) is -0.132. The van der Waals surface area contributed by atoms with Crippen molar-refractivity contribution in [3.63, 3.8) is 0 Å². The number of aromatic nitrogens is 1. The second-order valence-corrected chi connectivity index (χ2v) is 9.28. The average Bonchev–Trinajstić information content (AvgIpc) is 3.16. The van der Waals surface area contributed by atoms with E-state index in [0.717, 1.165) is 5.56 Å². The molecular formula is C26H31N3O3. The van der Waals surface area contributed by atoms with Crippen LogP contribution in [-0.2, 0) is 4.79 Å². The highest BCUT2D eigenvalue weighted by Crippen LogP contribution is 2.32. The summed E-state index contributed by atoms with van der Waals surface area (Å²) in [6.07, 6.45) is 4.74. The number of pyridine rings is 1. The van der Waals surface area contributed by atoms with Crippen molar-refractivity contribution >= 4 is 17.5 Å². The summed E-state index contributed by atoms with van der Waals surface area (Å²) in [4.78, 5) is 33.0. The molecule has 2 heterocycles. The molecule has 0 aliphatic carbocycles. The molecule has 1 unspecified atom stereocenters. The lowest BCUT2D eigenvalue weighted by atomic mass is 10.00. The molecule has 0 bridgehead atoms. The van der Waals surface area contributed by atoms with Crippen LogP contribution in [0, 0.1) is 6.92 Å². The van der Waals surface area contributed by atoms with Crippen LogP contribution in [0.5, 0.6) is 0 Å². The Morgan fingerprint density at radius 1 is 1.03 bits per heavy atom. The number of aryl methyl sites for hydroxylation is 1. The largest absolute Gasteiger partial charge is 0.459 e. The zero-order chi connectivity index (χ0) is 23.5. The number of anilines is 1. The van der Waals surface area contributed by atoms with Crippen LogP contribution in [0.3, 0.4) is 0 Å². The van der Waals surface area contributed by atoms with Gasteiger partial charge in [-0.25, -0.2) is 0 Å². The molecule has 6 nitrogen and oxygen atoms in total. The van der Waals surface area contributed by atoms with Gasteiger partial charge in [0.15, 0.2) is 5.76 Å². The third kappa shape index (κ3) is 5.25. The first-order valence-corrected chi connectivity index (χ1v) is 10.8. The predicted octanol–water partition coefficient (Wildman–Crippen LogP) is 5.41. The molecule has 3 aromatic rings. The maximum atomic E-state index is 13.8. The fourth-order valence-electron chi connectivity index (χ4n) is 3.50. The molecule has 0 saturated heterocycles. The third-order valence-corrected chi connectivity index (χ3v) is 5.12. The van der Waals surface area contributed by atoms with E-state index in [-0.39, 0.29) is 17.6 Å². The minimum atomic E-state index is -0.926. The Hall–Kier alpha value is -3.41. The molecule has 0 radical (unpaired) electrons. The van der Waals surface area contributed by atoms with Gasteiger partial charge < -0.3 is 9.73 Å². The second kappa shape index (κ2) is 9.39. The molecule has 2 aromatic heterocycles. The lowest BCUT2D eigenvalue weighted by Crippen LogP contribution is -2.49. The Balaban J connectivity index is 2.17. The number of rotatable bonds is 6. The van der Waals surface area contributed by atoms with Crippen LogP contribution in [0.25, 0.3) is 0 Å². The van der Waals surface area contributed by atoms with Gasteiger partial charge in [-0.15, -0.1) is 0 Å². The van der Waals surface area contributed by atoms with Gasteiger partial charge in [-0.1, -0.05) is 32.0 Å². The monoisotopic (exact) mass is 433 g/mol. The Morgan fingerprint density at radius 3 is 2.22 bits per heavy atom. The Kier molecular flexibility index (Phi) is 6.82. The summed E-state index contributed by atoms with van der Waals surface area (Å²) < 4.78 is 5.52. The highest BCUT2D eigenvalue weighted by molar-refractivity contribution is 6.09. The Bertz CT molecular complexity index is 1060. The first-order chi connectivity index (χ1) is 15.1.